The lowest BCUT2D eigenvalue weighted by molar-refractivity contribution is 0.0670. The van der Waals surface area contributed by atoms with E-state index in [-0.39, 0.29) is 18.0 Å². The van der Waals surface area contributed by atoms with E-state index >= 15 is 0 Å². The Labute approximate surface area is 181 Å². The molecule has 0 unspecified atom stereocenters. The van der Waals surface area contributed by atoms with Gasteiger partial charge >= 0.3 is 6.03 Å². The van der Waals surface area contributed by atoms with E-state index in [0.717, 1.165) is 22.3 Å². The van der Waals surface area contributed by atoms with Crippen molar-refractivity contribution in [2.75, 3.05) is 31.5 Å². The number of nitrogens with zero attached hydrogens (tertiary/aromatic N) is 5. The summed E-state index contributed by atoms with van der Waals surface area (Å²) in [5.41, 5.74) is 3.95. The molecule has 0 bridgehead atoms. The highest BCUT2D eigenvalue weighted by molar-refractivity contribution is 5.98. The average Bonchev–Trinajstić information content (AvgIpc) is 3.15. The van der Waals surface area contributed by atoms with Crippen LogP contribution in [0.5, 0.6) is 0 Å². The van der Waals surface area contributed by atoms with E-state index in [1.807, 2.05) is 48.9 Å². The van der Waals surface area contributed by atoms with Gasteiger partial charge in [-0.25, -0.2) is 14.5 Å². The SMILES string of the molecule is Cc1cccc(NC(=O)N2CCN(C(=O)c3cc4cnn(C(C)C)c4nc3C)CC2)c1. The van der Waals surface area contributed by atoms with Gasteiger partial charge in [0.05, 0.1) is 17.5 Å². The first kappa shape index (κ1) is 20.8. The van der Waals surface area contributed by atoms with Crippen molar-refractivity contribution in [3.63, 3.8) is 0 Å². The summed E-state index contributed by atoms with van der Waals surface area (Å²) in [6.45, 7) is 9.91. The van der Waals surface area contributed by atoms with E-state index in [1.54, 1.807) is 16.0 Å². The van der Waals surface area contributed by atoms with E-state index in [0.29, 0.717) is 37.4 Å². The minimum atomic E-state index is -0.141. The molecule has 0 radical (unpaired) electrons. The number of carbonyl (C=O) groups excluding carboxylic acids is 2. The molecule has 1 N–H and O–H groups in total. The lowest BCUT2D eigenvalue weighted by Gasteiger charge is -2.35. The third-order valence-electron chi connectivity index (χ3n) is 5.60. The van der Waals surface area contributed by atoms with Gasteiger partial charge in [0, 0.05) is 43.3 Å². The van der Waals surface area contributed by atoms with Gasteiger partial charge in [0.15, 0.2) is 5.65 Å². The molecule has 0 aliphatic carbocycles. The summed E-state index contributed by atoms with van der Waals surface area (Å²) in [4.78, 5) is 33.9. The van der Waals surface area contributed by atoms with Crippen LogP contribution >= 0.6 is 0 Å². The van der Waals surface area contributed by atoms with E-state index in [4.69, 9.17) is 0 Å². The number of piperazine rings is 1. The molecule has 3 amide bonds. The molecular formula is C23H28N6O2. The molecule has 31 heavy (non-hydrogen) atoms. The number of fused-ring (bicyclic) bond motifs is 1. The number of nitrogens with one attached hydrogen (secondary N) is 1. The van der Waals surface area contributed by atoms with Gasteiger partial charge in [-0.1, -0.05) is 12.1 Å². The molecule has 0 atom stereocenters. The average molecular weight is 421 g/mol. The molecule has 0 spiro atoms. The molecule has 8 heteroatoms. The van der Waals surface area contributed by atoms with Crippen molar-refractivity contribution in [1.82, 2.24) is 24.6 Å². The Morgan fingerprint density at radius 2 is 1.74 bits per heavy atom. The Hall–Kier alpha value is -3.42. The number of anilines is 1. The van der Waals surface area contributed by atoms with Gasteiger partial charge in [-0.05, 0) is 51.5 Å². The second kappa shape index (κ2) is 8.37. The van der Waals surface area contributed by atoms with Crippen molar-refractivity contribution in [1.29, 1.82) is 0 Å². The largest absolute Gasteiger partial charge is 0.335 e. The number of aromatic nitrogens is 3. The van der Waals surface area contributed by atoms with Gasteiger partial charge in [0.25, 0.3) is 5.91 Å². The summed E-state index contributed by atoms with van der Waals surface area (Å²) in [7, 11) is 0. The monoisotopic (exact) mass is 420 g/mol. The lowest BCUT2D eigenvalue weighted by atomic mass is 10.1. The Kier molecular flexibility index (Phi) is 5.63. The van der Waals surface area contributed by atoms with Gasteiger partial charge in [0.1, 0.15) is 0 Å². The van der Waals surface area contributed by atoms with Crippen LogP contribution in [0.25, 0.3) is 11.0 Å². The molecule has 0 saturated carbocycles. The number of benzene rings is 1. The molecule has 3 heterocycles. The summed E-state index contributed by atoms with van der Waals surface area (Å²) in [6.07, 6.45) is 1.76. The summed E-state index contributed by atoms with van der Waals surface area (Å²) in [5, 5.41) is 8.19. The molecule has 1 aromatic carbocycles. The van der Waals surface area contributed by atoms with Gasteiger partial charge < -0.3 is 15.1 Å². The second-order valence-corrected chi connectivity index (χ2v) is 8.30. The zero-order valence-electron chi connectivity index (χ0n) is 18.4. The van der Waals surface area contributed by atoms with Crippen LogP contribution in [0.15, 0.2) is 36.5 Å². The second-order valence-electron chi connectivity index (χ2n) is 8.30. The first-order valence-corrected chi connectivity index (χ1v) is 10.6. The third kappa shape index (κ3) is 4.23. The van der Waals surface area contributed by atoms with Gasteiger partial charge in [0.2, 0.25) is 0 Å². The first-order chi connectivity index (χ1) is 14.8. The number of amides is 3. The van der Waals surface area contributed by atoms with Crippen LogP contribution in [0.2, 0.25) is 0 Å². The highest BCUT2D eigenvalue weighted by atomic mass is 16.2. The smallest absolute Gasteiger partial charge is 0.321 e. The van der Waals surface area contributed by atoms with Crippen LogP contribution in [-0.4, -0.2) is 62.7 Å². The maximum Gasteiger partial charge on any atom is 0.321 e. The molecule has 1 fully saturated rings. The number of urea groups is 1. The molecule has 162 valence electrons. The standard InChI is InChI=1S/C23H28N6O2/c1-15(2)29-21-18(14-24-29)13-20(17(4)25-21)22(30)27-8-10-28(11-9-27)23(31)26-19-7-5-6-16(3)12-19/h5-7,12-15H,8-11H2,1-4H3,(H,26,31). The summed E-state index contributed by atoms with van der Waals surface area (Å²) >= 11 is 0. The summed E-state index contributed by atoms with van der Waals surface area (Å²) < 4.78 is 1.86. The quantitative estimate of drug-likeness (QED) is 0.702. The van der Waals surface area contributed by atoms with Crippen molar-refractivity contribution >= 4 is 28.7 Å². The Morgan fingerprint density at radius 1 is 1.03 bits per heavy atom. The number of rotatable bonds is 3. The van der Waals surface area contributed by atoms with Gasteiger partial charge in [-0.15, -0.1) is 0 Å². The van der Waals surface area contributed by atoms with E-state index in [1.165, 1.54) is 0 Å². The highest BCUT2D eigenvalue weighted by Crippen LogP contribution is 2.21. The number of pyridine rings is 1. The van der Waals surface area contributed by atoms with Crippen LogP contribution in [0.3, 0.4) is 0 Å². The lowest BCUT2D eigenvalue weighted by Crippen LogP contribution is -2.51. The fourth-order valence-electron chi connectivity index (χ4n) is 3.87. The minimum absolute atomic E-state index is 0.0528. The number of carbonyl (C=O) groups is 2. The van der Waals surface area contributed by atoms with Crippen LogP contribution in [0.1, 0.15) is 41.5 Å². The van der Waals surface area contributed by atoms with Crippen LogP contribution in [0.4, 0.5) is 10.5 Å². The molecule has 1 aliphatic heterocycles. The predicted octanol–water partition coefficient (Wildman–Crippen LogP) is 3.62. The van der Waals surface area contributed by atoms with E-state index < -0.39 is 0 Å². The van der Waals surface area contributed by atoms with Gasteiger partial charge in [-0.3, -0.25) is 4.79 Å². The maximum absolute atomic E-state index is 13.1. The maximum atomic E-state index is 13.1. The highest BCUT2D eigenvalue weighted by Gasteiger charge is 2.26. The van der Waals surface area contributed by atoms with Crippen molar-refractivity contribution in [3.8, 4) is 0 Å². The molecule has 1 aliphatic rings. The molecule has 3 aromatic rings. The molecule has 4 rings (SSSR count). The van der Waals surface area contributed by atoms with E-state index in [9.17, 15) is 9.59 Å². The van der Waals surface area contributed by atoms with Crippen molar-refractivity contribution in [2.24, 2.45) is 0 Å². The van der Waals surface area contributed by atoms with Crippen molar-refractivity contribution in [3.05, 3.63) is 53.3 Å². The van der Waals surface area contributed by atoms with Crippen molar-refractivity contribution in [2.45, 2.75) is 33.7 Å². The first-order valence-electron chi connectivity index (χ1n) is 10.6. The van der Waals surface area contributed by atoms with Gasteiger partial charge in [-0.2, -0.15) is 5.10 Å². The number of aryl methyl sites for hydroxylation is 2. The Morgan fingerprint density at radius 3 is 2.42 bits per heavy atom. The molecular weight excluding hydrogens is 392 g/mol. The molecule has 8 nitrogen and oxygen atoms in total. The number of hydrogen-bond acceptors (Lipinski definition) is 4. The zero-order valence-corrected chi connectivity index (χ0v) is 18.4. The summed E-state index contributed by atoms with van der Waals surface area (Å²) in [5.74, 6) is -0.0528. The van der Waals surface area contributed by atoms with Crippen LogP contribution < -0.4 is 5.32 Å². The minimum Gasteiger partial charge on any atom is -0.335 e. The molecule has 2 aromatic heterocycles. The van der Waals surface area contributed by atoms with Crippen LogP contribution in [-0.2, 0) is 0 Å². The van der Waals surface area contributed by atoms with Crippen LogP contribution in [0, 0.1) is 13.8 Å². The Bertz CT molecular complexity index is 1130. The third-order valence-corrected chi connectivity index (χ3v) is 5.60. The van der Waals surface area contributed by atoms with E-state index in [2.05, 4.69) is 29.2 Å². The fraction of sp³-hybridized carbons (Fsp3) is 0.391. The zero-order chi connectivity index (χ0) is 22.1. The van der Waals surface area contributed by atoms with Crippen molar-refractivity contribution < 1.29 is 9.59 Å². The topological polar surface area (TPSA) is 83.4 Å². The Balaban J connectivity index is 1.42. The fourth-order valence-corrected chi connectivity index (χ4v) is 3.87. The molecule has 1 saturated heterocycles. The normalized spacial score (nSPS) is 14.4. The number of hydrogen-bond donors (Lipinski definition) is 1. The summed E-state index contributed by atoms with van der Waals surface area (Å²) in [6, 6.07) is 9.65. The predicted molar refractivity (Wildman–Crippen MR) is 120 cm³/mol.